The van der Waals surface area contributed by atoms with Gasteiger partial charge in [-0.15, -0.1) is 0 Å². The van der Waals surface area contributed by atoms with E-state index in [4.69, 9.17) is 4.74 Å². The zero-order chi connectivity index (χ0) is 14.2. The molecule has 0 N–H and O–H groups in total. The molecule has 0 bridgehead atoms. The van der Waals surface area contributed by atoms with Gasteiger partial charge in [-0.25, -0.2) is 0 Å². The summed E-state index contributed by atoms with van der Waals surface area (Å²) in [6, 6.07) is 0. The second-order valence-corrected chi connectivity index (χ2v) is 5.51. The van der Waals surface area contributed by atoms with Gasteiger partial charge in [-0.05, 0) is 12.8 Å². The van der Waals surface area contributed by atoms with Gasteiger partial charge in [0.25, 0.3) is 0 Å². The Bertz CT molecular complexity index is 201. The maximum atomic E-state index is 11.3. The number of hydrogen-bond donors (Lipinski definition) is 0. The Morgan fingerprint density at radius 2 is 1.20 bits per heavy atom. The maximum Gasteiger partial charge on any atom is 1.00 e. The summed E-state index contributed by atoms with van der Waals surface area (Å²) in [5, 5.41) is 0. The standard InChI is InChI=1S/C17H34O2.K.H/c1-3-5-7-8-9-10-11-12-14-16-19-17(18)15-13-6-4-2;;/h3-16H2,1-2H3;;/q;+1;-1. The van der Waals surface area contributed by atoms with Crippen molar-refractivity contribution in [2.24, 2.45) is 0 Å². The molecule has 0 atom stereocenters. The number of ether oxygens (including phenoxy) is 1. The van der Waals surface area contributed by atoms with Crippen LogP contribution in [0.5, 0.6) is 0 Å². The number of rotatable bonds is 14. The molecule has 20 heavy (non-hydrogen) atoms. The van der Waals surface area contributed by atoms with E-state index in [2.05, 4.69) is 13.8 Å². The molecule has 2 nitrogen and oxygen atoms in total. The average molecular weight is 311 g/mol. The second kappa shape index (κ2) is 20.1. The summed E-state index contributed by atoms with van der Waals surface area (Å²) >= 11 is 0. The van der Waals surface area contributed by atoms with Crippen LogP contribution in [-0.2, 0) is 9.53 Å². The van der Waals surface area contributed by atoms with E-state index in [-0.39, 0.29) is 58.8 Å². The molecule has 0 amide bonds. The number of carbonyl (C=O) groups excluding carboxylic acids is 1. The summed E-state index contributed by atoms with van der Waals surface area (Å²) < 4.78 is 5.21. The Hall–Kier alpha value is 1.11. The molecule has 0 aromatic heterocycles. The molecule has 0 unspecified atom stereocenters. The minimum atomic E-state index is -0.00647. The predicted molar refractivity (Wildman–Crippen MR) is 83.4 cm³/mol. The monoisotopic (exact) mass is 310 g/mol. The molecule has 0 rings (SSSR count). The largest absolute Gasteiger partial charge is 1.00 e. The fraction of sp³-hybridized carbons (Fsp3) is 0.941. The predicted octanol–water partition coefficient (Wildman–Crippen LogP) is 2.76. The van der Waals surface area contributed by atoms with Crippen LogP contribution in [0.3, 0.4) is 0 Å². The number of unbranched alkanes of at least 4 members (excludes halogenated alkanes) is 10. The molecule has 0 radical (unpaired) electrons. The third kappa shape index (κ3) is 19.1. The molecule has 0 aliphatic rings. The Morgan fingerprint density at radius 3 is 1.75 bits per heavy atom. The smallest absolute Gasteiger partial charge is 1.00 e. The van der Waals surface area contributed by atoms with Crippen LogP contribution in [0, 0.1) is 0 Å². The number of carbonyl (C=O) groups is 1. The van der Waals surface area contributed by atoms with E-state index >= 15 is 0 Å². The van der Waals surface area contributed by atoms with Gasteiger partial charge in [0.05, 0.1) is 6.61 Å². The molecule has 3 heteroatoms. The molecule has 0 aromatic carbocycles. The summed E-state index contributed by atoms with van der Waals surface area (Å²) in [5.41, 5.74) is 0. The summed E-state index contributed by atoms with van der Waals surface area (Å²) in [4.78, 5) is 11.3. The first-order valence-corrected chi connectivity index (χ1v) is 8.46. The van der Waals surface area contributed by atoms with Gasteiger partial charge >= 0.3 is 57.4 Å². The van der Waals surface area contributed by atoms with Crippen molar-refractivity contribution in [2.75, 3.05) is 6.61 Å². The van der Waals surface area contributed by atoms with Crippen LogP contribution < -0.4 is 51.4 Å². The molecule has 0 aliphatic heterocycles. The van der Waals surface area contributed by atoms with Crippen LogP contribution >= 0.6 is 0 Å². The van der Waals surface area contributed by atoms with Crippen molar-refractivity contribution in [1.29, 1.82) is 0 Å². The third-order valence-corrected chi connectivity index (χ3v) is 3.50. The Labute approximate surface area is 170 Å². The first-order chi connectivity index (χ1) is 9.31. The second-order valence-electron chi connectivity index (χ2n) is 5.51. The van der Waals surface area contributed by atoms with Crippen LogP contribution in [0.15, 0.2) is 0 Å². The van der Waals surface area contributed by atoms with Gasteiger partial charge in [0.2, 0.25) is 0 Å². The van der Waals surface area contributed by atoms with Crippen molar-refractivity contribution < 1.29 is 62.3 Å². The van der Waals surface area contributed by atoms with Crippen LogP contribution in [0.1, 0.15) is 98.7 Å². The fourth-order valence-corrected chi connectivity index (χ4v) is 2.19. The topological polar surface area (TPSA) is 26.3 Å². The molecule has 0 saturated heterocycles. The van der Waals surface area contributed by atoms with E-state index in [0.29, 0.717) is 13.0 Å². The molecule has 0 spiro atoms. The zero-order valence-corrected chi connectivity index (χ0v) is 17.3. The van der Waals surface area contributed by atoms with Crippen molar-refractivity contribution >= 4 is 5.97 Å². The molecule has 0 heterocycles. The summed E-state index contributed by atoms with van der Waals surface area (Å²) in [6.45, 7) is 5.03. The van der Waals surface area contributed by atoms with Gasteiger partial charge < -0.3 is 6.16 Å². The van der Waals surface area contributed by atoms with Gasteiger partial charge in [0, 0.05) is 6.42 Å². The Morgan fingerprint density at radius 1 is 0.750 bits per heavy atom. The van der Waals surface area contributed by atoms with Crippen molar-refractivity contribution in [3.8, 4) is 0 Å². The number of hydrogen-bond acceptors (Lipinski definition) is 2. The molecule has 0 fully saturated rings. The molecular weight excluding hydrogens is 275 g/mol. The van der Waals surface area contributed by atoms with Crippen LogP contribution in [0.2, 0.25) is 0 Å². The fourth-order valence-electron chi connectivity index (χ4n) is 2.19. The third-order valence-electron chi connectivity index (χ3n) is 3.50. The van der Waals surface area contributed by atoms with Crippen LogP contribution in [0.4, 0.5) is 0 Å². The first kappa shape index (κ1) is 23.4. The van der Waals surface area contributed by atoms with Crippen molar-refractivity contribution in [2.45, 2.75) is 97.3 Å². The average Bonchev–Trinajstić information content (AvgIpc) is 2.41. The summed E-state index contributed by atoms with van der Waals surface area (Å²) in [7, 11) is 0. The minimum absolute atomic E-state index is 0. The van der Waals surface area contributed by atoms with E-state index < -0.39 is 0 Å². The van der Waals surface area contributed by atoms with Crippen LogP contribution in [-0.4, -0.2) is 12.6 Å². The van der Waals surface area contributed by atoms with Gasteiger partial charge in [-0.2, -0.15) is 0 Å². The summed E-state index contributed by atoms with van der Waals surface area (Å²) in [5.74, 6) is -0.00647. The van der Waals surface area contributed by atoms with Gasteiger partial charge in [0.1, 0.15) is 0 Å². The van der Waals surface area contributed by atoms with E-state index in [0.717, 1.165) is 25.7 Å². The van der Waals surface area contributed by atoms with E-state index in [1.54, 1.807) is 0 Å². The van der Waals surface area contributed by atoms with Crippen molar-refractivity contribution in [3.63, 3.8) is 0 Å². The molecule has 0 saturated carbocycles. The van der Waals surface area contributed by atoms with Gasteiger partial charge in [0.15, 0.2) is 0 Å². The van der Waals surface area contributed by atoms with Gasteiger partial charge in [-0.1, -0.05) is 78.1 Å². The molecule has 0 aromatic rings. The number of esters is 1. The molecule has 0 aliphatic carbocycles. The first-order valence-electron chi connectivity index (χ1n) is 8.46. The maximum absolute atomic E-state index is 11.3. The Kier molecular flexibility index (Phi) is 23.5. The Balaban J connectivity index is -0.00000162. The SMILES string of the molecule is CCCCCCCCCCCOC(=O)CCCCC.[H-].[K+]. The molecule has 116 valence electrons. The van der Waals surface area contributed by atoms with E-state index in [1.165, 1.54) is 51.4 Å². The molecular formula is C17H35KO2. The zero-order valence-electron chi connectivity index (χ0n) is 15.2. The van der Waals surface area contributed by atoms with E-state index in [1.807, 2.05) is 0 Å². The van der Waals surface area contributed by atoms with E-state index in [9.17, 15) is 4.79 Å². The van der Waals surface area contributed by atoms with Crippen molar-refractivity contribution in [1.82, 2.24) is 0 Å². The van der Waals surface area contributed by atoms with Gasteiger partial charge in [-0.3, -0.25) is 4.79 Å². The van der Waals surface area contributed by atoms with Crippen molar-refractivity contribution in [3.05, 3.63) is 0 Å². The normalized spacial score (nSPS) is 10.1. The van der Waals surface area contributed by atoms with Crippen LogP contribution in [0.25, 0.3) is 0 Å². The summed E-state index contributed by atoms with van der Waals surface area (Å²) in [6.07, 6.45) is 15.6. The quantitative estimate of drug-likeness (QED) is 0.280. The minimum Gasteiger partial charge on any atom is -1.00 e.